The van der Waals surface area contributed by atoms with Gasteiger partial charge in [-0.25, -0.2) is 9.59 Å². The lowest BCUT2D eigenvalue weighted by Crippen LogP contribution is -2.46. The van der Waals surface area contributed by atoms with Gasteiger partial charge in [0.2, 0.25) is 18.1 Å². The largest absolute Gasteiger partial charge is 0.480 e. The number of carbonyl (C=O) groups is 5. The molecule has 1 radical (unpaired) electrons. The van der Waals surface area contributed by atoms with E-state index >= 15 is 0 Å². The molecule has 0 saturated carbocycles. The van der Waals surface area contributed by atoms with Gasteiger partial charge in [-0.15, -0.1) is 0 Å². The number of Topliss-reactive ketones (excluding diaryl/α,β-unsaturated/α-hetero) is 1. The smallest absolute Gasteiger partial charge is 0.326 e. The van der Waals surface area contributed by atoms with E-state index in [1.165, 1.54) is 64.1 Å². The zero-order valence-corrected chi connectivity index (χ0v) is 26.7. The maximum absolute atomic E-state index is 12.5. The van der Waals surface area contributed by atoms with Crippen LogP contribution in [-0.4, -0.2) is 70.7 Å². The van der Waals surface area contributed by atoms with E-state index in [2.05, 4.69) is 17.6 Å². The standard InChI is InChI=1S/C32H57N4O8/c1-2-3-4-5-6-7-8-9-10-11-12-13-14-18-28(38)35-26(31(41)42)19-20-29(39)36-27(32(43)44)22-24(23-37)30(40)25(34)17-15-16-21-33/h24-27H,2-22,33-34H2,1H3,(H,35,38)(H,36,39)(H,41,42)(H,43,44)/t24?,25-,26-,27-/m0/s1. The molecule has 0 bridgehead atoms. The molecule has 0 aromatic rings. The highest BCUT2D eigenvalue weighted by molar-refractivity contribution is 5.97. The Balaban J connectivity index is 4.43. The van der Waals surface area contributed by atoms with Crippen LogP contribution in [0.4, 0.5) is 0 Å². The molecule has 0 spiro atoms. The van der Waals surface area contributed by atoms with Crippen molar-refractivity contribution in [2.24, 2.45) is 17.4 Å². The van der Waals surface area contributed by atoms with E-state index in [0.717, 1.165) is 19.3 Å². The molecule has 12 nitrogen and oxygen atoms in total. The number of aliphatic carboxylic acids is 2. The van der Waals surface area contributed by atoms with Gasteiger partial charge >= 0.3 is 11.9 Å². The molecule has 0 heterocycles. The van der Waals surface area contributed by atoms with E-state index in [1.807, 2.05) is 0 Å². The van der Waals surface area contributed by atoms with Crippen molar-refractivity contribution in [2.75, 3.05) is 6.54 Å². The van der Waals surface area contributed by atoms with Crippen LogP contribution in [-0.2, 0) is 28.8 Å². The fraction of sp³-hybridized carbons (Fsp3) is 0.812. The van der Waals surface area contributed by atoms with E-state index in [0.29, 0.717) is 25.8 Å². The van der Waals surface area contributed by atoms with Crippen LogP contribution < -0.4 is 22.1 Å². The first-order chi connectivity index (χ1) is 21.1. The number of carboxylic acid groups (broad SMARTS) is 2. The topological polar surface area (TPSA) is 219 Å². The maximum atomic E-state index is 12.5. The first kappa shape index (κ1) is 41.1. The summed E-state index contributed by atoms with van der Waals surface area (Å²) in [6, 6.07) is -3.89. The monoisotopic (exact) mass is 625 g/mol. The van der Waals surface area contributed by atoms with Crippen molar-refractivity contribution < 1.29 is 39.0 Å². The van der Waals surface area contributed by atoms with Crippen LogP contribution >= 0.6 is 0 Å². The van der Waals surface area contributed by atoms with Crippen molar-refractivity contribution >= 4 is 35.8 Å². The lowest BCUT2D eigenvalue weighted by atomic mass is 9.90. The van der Waals surface area contributed by atoms with Crippen LogP contribution in [0, 0.1) is 5.92 Å². The number of carbonyl (C=O) groups excluding carboxylic acids is 4. The lowest BCUT2D eigenvalue weighted by Gasteiger charge is -2.20. The highest BCUT2D eigenvalue weighted by Crippen LogP contribution is 2.14. The lowest BCUT2D eigenvalue weighted by molar-refractivity contribution is -0.143. The normalized spacial score (nSPS) is 13.8. The van der Waals surface area contributed by atoms with Crippen LogP contribution in [0.15, 0.2) is 0 Å². The Morgan fingerprint density at radius 2 is 1.14 bits per heavy atom. The van der Waals surface area contributed by atoms with Gasteiger partial charge in [-0.1, -0.05) is 90.4 Å². The predicted molar refractivity (Wildman–Crippen MR) is 168 cm³/mol. The zero-order chi connectivity index (χ0) is 33.2. The number of nitrogens with two attached hydrogens (primary N) is 2. The molecule has 0 fully saturated rings. The minimum atomic E-state index is -1.58. The third-order valence-electron chi connectivity index (χ3n) is 7.73. The Kier molecular flexibility index (Phi) is 24.8. The molecule has 253 valence electrons. The van der Waals surface area contributed by atoms with Crippen molar-refractivity contribution in [3.05, 3.63) is 0 Å². The summed E-state index contributed by atoms with van der Waals surface area (Å²) in [4.78, 5) is 71.9. The molecule has 0 aliphatic carbocycles. The number of nitrogens with one attached hydrogen (secondary N) is 2. The number of amides is 2. The summed E-state index contributed by atoms with van der Waals surface area (Å²) in [5, 5.41) is 23.7. The Morgan fingerprint density at radius 1 is 0.659 bits per heavy atom. The van der Waals surface area contributed by atoms with Gasteiger partial charge in [0.1, 0.15) is 12.1 Å². The van der Waals surface area contributed by atoms with Gasteiger partial charge in [-0.2, -0.15) is 0 Å². The SMILES string of the molecule is CCCCCCCCCCCCCCCC(=O)N[C@@H](CCC(=O)N[C@@H](CC([C]=O)C(=O)[C@@H](N)CCCCN)C(=O)O)C(=O)O. The minimum absolute atomic E-state index is 0.181. The Morgan fingerprint density at radius 3 is 1.61 bits per heavy atom. The Bertz CT molecular complexity index is 854. The average molecular weight is 626 g/mol. The van der Waals surface area contributed by atoms with Crippen LogP contribution in [0.3, 0.4) is 0 Å². The molecule has 4 atom stereocenters. The average Bonchev–Trinajstić information content (AvgIpc) is 2.99. The predicted octanol–water partition coefficient (Wildman–Crippen LogP) is 3.53. The number of hydrogen-bond acceptors (Lipinski definition) is 8. The summed E-state index contributed by atoms with van der Waals surface area (Å²) in [5.74, 6) is -6.11. The van der Waals surface area contributed by atoms with E-state index in [-0.39, 0.29) is 25.7 Å². The molecule has 0 aromatic carbocycles. The van der Waals surface area contributed by atoms with Gasteiger partial charge in [-0.05, 0) is 38.6 Å². The third kappa shape index (κ3) is 20.9. The molecule has 0 rings (SSSR count). The molecular weight excluding hydrogens is 568 g/mol. The van der Waals surface area contributed by atoms with Crippen LogP contribution in [0.25, 0.3) is 0 Å². The second kappa shape index (κ2) is 26.5. The van der Waals surface area contributed by atoms with Gasteiger partial charge in [0.05, 0.1) is 12.0 Å². The molecule has 2 amide bonds. The summed E-state index contributed by atoms with van der Waals surface area (Å²) in [5.41, 5.74) is 11.2. The van der Waals surface area contributed by atoms with Gasteiger partial charge in [0, 0.05) is 12.8 Å². The maximum Gasteiger partial charge on any atom is 0.326 e. The van der Waals surface area contributed by atoms with Gasteiger partial charge in [0.25, 0.3) is 0 Å². The van der Waals surface area contributed by atoms with Gasteiger partial charge in [0.15, 0.2) is 5.78 Å². The minimum Gasteiger partial charge on any atom is -0.480 e. The molecule has 0 aliphatic rings. The number of unbranched alkanes of at least 4 members (excludes halogenated alkanes) is 13. The highest BCUT2D eigenvalue weighted by Gasteiger charge is 2.31. The van der Waals surface area contributed by atoms with E-state index in [4.69, 9.17) is 11.5 Å². The van der Waals surface area contributed by atoms with Gasteiger partial charge < -0.3 is 32.3 Å². The first-order valence-corrected chi connectivity index (χ1v) is 16.5. The molecular formula is C32H57N4O8. The molecule has 8 N–H and O–H groups in total. The number of hydrogen-bond donors (Lipinski definition) is 6. The summed E-state index contributed by atoms with van der Waals surface area (Å²) in [7, 11) is 0. The van der Waals surface area contributed by atoms with Crippen molar-refractivity contribution in [3.63, 3.8) is 0 Å². The number of ketones is 1. The zero-order valence-electron chi connectivity index (χ0n) is 26.7. The van der Waals surface area contributed by atoms with Crippen LogP contribution in [0.5, 0.6) is 0 Å². The van der Waals surface area contributed by atoms with Crippen molar-refractivity contribution in [2.45, 2.75) is 153 Å². The van der Waals surface area contributed by atoms with Crippen LogP contribution in [0.1, 0.15) is 135 Å². The van der Waals surface area contributed by atoms with Gasteiger partial charge in [-0.3, -0.25) is 19.2 Å². The van der Waals surface area contributed by atoms with E-state index in [1.54, 1.807) is 0 Å². The number of carboxylic acids is 2. The quantitative estimate of drug-likeness (QED) is 0.0503. The molecule has 1 unspecified atom stereocenters. The third-order valence-corrected chi connectivity index (χ3v) is 7.73. The summed E-state index contributed by atoms with van der Waals surface area (Å²) >= 11 is 0. The molecule has 0 aromatic heterocycles. The fourth-order valence-electron chi connectivity index (χ4n) is 4.96. The fourth-order valence-corrected chi connectivity index (χ4v) is 4.96. The van der Waals surface area contributed by atoms with Crippen LogP contribution in [0.2, 0.25) is 0 Å². The second-order valence-corrected chi connectivity index (χ2v) is 11.6. The molecule has 44 heavy (non-hydrogen) atoms. The Labute approximate surface area is 262 Å². The molecule has 0 aliphatic heterocycles. The Hall–Kier alpha value is -2.86. The van der Waals surface area contributed by atoms with E-state index < -0.39 is 60.0 Å². The summed E-state index contributed by atoms with van der Waals surface area (Å²) in [6.07, 6.45) is 17.2. The van der Waals surface area contributed by atoms with Crippen molar-refractivity contribution in [3.8, 4) is 0 Å². The second-order valence-electron chi connectivity index (χ2n) is 11.6. The van der Waals surface area contributed by atoms with Crippen molar-refractivity contribution in [1.82, 2.24) is 10.6 Å². The molecule has 0 saturated heterocycles. The summed E-state index contributed by atoms with van der Waals surface area (Å²) in [6.45, 7) is 2.64. The first-order valence-electron chi connectivity index (χ1n) is 16.5. The van der Waals surface area contributed by atoms with E-state index in [9.17, 15) is 39.0 Å². The molecule has 12 heteroatoms. The number of rotatable bonds is 30. The summed E-state index contributed by atoms with van der Waals surface area (Å²) < 4.78 is 0. The highest BCUT2D eigenvalue weighted by atomic mass is 16.4. The van der Waals surface area contributed by atoms with Crippen molar-refractivity contribution in [1.29, 1.82) is 0 Å².